The third kappa shape index (κ3) is 4.41. The van der Waals surface area contributed by atoms with Gasteiger partial charge in [-0.15, -0.1) is 0 Å². The van der Waals surface area contributed by atoms with Crippen LogP contribution in [-0.4, -0.2) is 13.6 Å². The molecular formula is C10H23N. The van der Waals surface area contributed by atoms with E-state index in [1.165, 1.54) is 25.8 Å². The van der Waals surface area contributed by atoms with E-state index >= 15 is 0 Å². The van der Waals surface area contributed by atoms with E-state index < -0.39 is 0 Å². The van der Waals surface area contributed by atoms with Crippen LogP contribution in [0.4, 0.5) is 0 Å². The van der Waals surface area contributed by atoms with Crippen molar-refractivity contribution >= 4 is 0 Å². The quantitative estimate of drug-likeness (QED) is 0.650. The minimum Gasteiger partial charge on any atom is -0.319 e. The van der Waals surface area contributed by atoms with Crippen molar-refractivity contribution in [3.8, 4) is 0 Å². The van der Waals surface area contributed by atoms with Gasteiger partial charge in [-0.3, -0.25) is 0 Å². The van der Waals surface area contributed by atoms with E-state index in [1.54, 1.807) is 0 Å². The van der Waals surface area contributed by atoms with Crippen LogP contribution in [-0.2, 0) is 0 Å². The Balaban J connectivity index is 0.000000461. The Kier molecular flexibility index (Phi) is 6.63. The van der Waals surface area contributed by atoms with E-state index in [0.29, 0.717) is 0 Å². The van der Waals surface area contributed by atoms with Crippen molar-refractivity contribution in [1.82, 2.24) is 5.32 Å². The van der Waals surface area contributed by atoms with Gasteiger partial charge in [-0.1, -0.05) is 27.2 Å². The summed E-state index contributed by atoms with van der Waals surface area (Å²) in [5.41, 5.74) is 0. The molecule has 1 saturated carbocycles. The summed E-state index contributed by atoms with van der Waals surface area (Å²) in [6, 6.07) is 0. The average molecular weight is 157 g/mol. The zero-order valence-electron chi connectivity index (χ0n) is 8.48. The highest BCUT2D eigenvalue weighted by Gasteiger charge is 2.19. The van der Waals surface area contributed by atoms with Crippen molar-refractivity contribution in [2.45, 2.75) is 40.0 Å². The van der Waals surface area contributed by atoms with Crippen LogP contribution in [0, 0.1) is 11.8 Å². The minimum atomic E-state index is 0.977. The number of hydrogen-bond acceptors (Lipinski definition) is 1. The number of rotatable bonds is 2. The predicted octanol–water partition coefficient (Wildman–Crippen LogP) is 2.67. The fourth-order valence-corrected chi connectivity index (χ4v) is 1.80. The SMILES string of the molecule is CC.CNCC1CCC(C)C1. The normalized spacial score (nSPS) is 29.5. The van der Waals surface area contributed by atoms with Crippen LogP contribution in [0.1, 0.15) is 40.0 Å². The van der Waals surface area contributed by atoms with Gasteiger partial charge in [0.1, 0.15) is 0 Å². The van der Waals surface area contributed by atoms with Crippen molar-refractivity contribution in [2.24, 2.45) is 11.8 Å². The molecule has 0 heterocycles. The molecule has 1 N–H and O–H groups in total. The molecule has 0 aromatic heterocycles. The summed E-state index contributed by atoms with van der Waals surface area (Å²) in [4.78, 5) is 0. The van der Waals surface area contributed by atoms with Gasteiger partial charge < -0.3 is 5.32 Å². The van der Waals surface area contributed by atoms with Gasteiger partial charge in [-0.05, 0) is 38.3 Å². The summed E-state index contributed by atoms with van der Waals surface area (Å²) < 4.78 is 0. The van der Waals surface area contributed by atoms with Crippen molar-refractivity contribution < 1.29 is 0 Å². The van der Waals surface area contributed by atoms with Crippen LogP contribution in [0.3, 0.4) is 0 Å². The Morgan fingerprint density at radius 2 is 1.91 bits per heavy atom. The van der Waals surface area contributed by atoms with E-state index in [-0.39, 0.29) is 0 Å². The second kappa shape index (κ2) is 6.66. The second-order valence-corrected chi connectivity index (χ2v) is 3.34. The molecule has 0 saturated heterocycles. The van der Waals surface area contributed by atoms with Crippen LogP contribution in [0.25, 0.3) is 0 Å². The van der Waals surface area contributed by atoms with Crippen molar-refractivity contribution in [3.63, 3.8) is 0 Å². The highest BCUT2D eigenvalue weighted by Crippen LogP contribution is 2.29. The fraction of sp³-hybridized carbons (Fsp3) is 1.00. The van der Waals surface area contributed by atoms with Crippen molar-refractivity contribution in [2.75, 3.05) is 13.6 Å². The van der Waals surface area contributed by atoms with Gasteiger partial charge in [0.25, 0.3) is 0 Å². The lowest BCUT2D eigenvalue weighted by Crippen LogP contribution is -2.16. The molecule has 0 spiro atoms. The fourth-order valence-electron chi connectivity index (χ4n) is 1.80. The zero-order valence-corrected chi connectivity index (χ0v) is 8.48. The molecule has 1 nitrogen and oxygen atoms in total. The lowest BCUT2D eigenvalue weighted by atomic mass is 10.1. The molecule has 0 amide bonds. The summed E-state index contributed by atoms with van der Waals surface area (Å²) in [7, 11) is 2.04. The Bertz CT molecular complexity index is 78.9. The molecule has 2 unspecified atom stereocenters. The van der Waals surface area contributed by atoms with Gasteiger partial charge in [-0.2, -0.15) is 0 Å². The van der Waals surface area contributed by atoms with Gasteiger partial charge in [0.15, 0.2) is 0 Å². The molecule has 0 aromatic carbocycles. The van der Waals surface area contributed by atoms with Crippen LogP contribution < -0.4 is 5.32 Å². The summed E-state index contributed by atoms with van der Waals surface area (Å²) in [5.74, 6) is 1.97. The van der Waals surface area contributed by atoms with Crippen molar-refractivity contribution in [3.05, 3.63) is 0 Å². The third-order valence-corrected chi connectivity index (χ3v) is 2.30. The highest BCUT2D eigenvalue weighted by molar-refractivity contribution is 4.73. The molecule has 0 bridgehead atoms. The van der Waals surface area contributed by atoms with Crippen LogP contribution in [0.5, 0.6) is 0 Å². The molecule has 0 aromatic rings. The molecule has 68 valence electrons. The van der Waals surface area contributed by atoms with Gasteiger partial charge in [0, 0.05) is 0 Å². The standard InChI is InChI=1S/C8H17N.C2H6/c1-7-3-4-8(5-7)6-9-2;1-2/h7-9H,3-6H2,1-2H3;1-2H3. The first-order chi connectivity index (χ1) is 5.33. The Morgan fingerprint density at radius 1 is 1.27 bits per heavy atom. The molecule has 1 aliphatic carbocycles. The number of nitrogens with one attached hydrogen (secondary N) is 1. The summed E-state index contributed by atoms with van der Waals surface area (Å²) in [6.07, 6.45) is 4.34. The molecule has 11 heavy (non-hydrogen) atoms. The zero-order chi connectivity index (χ0) is 8.69. The maximum absolute atomic E-state index is 3.23. The van der Waals surface area contributed by atoms with Gasteiger partial charge in [0.05, 0.1) is 0 Å². The van der Waals surface area contributed by atoms with Crippen LogP contribution in [0.15, 0.2) is 0 Å². The smallest absolute Gasteiger partial charge is 0.00234 e. The first-order valence-corrected chi connectivity index (χ1v) is 4.97. The monoisotopic (exact) mass is 157 g/mol. The molecule has 1 rings (SSSR count). The van der Waals surface area contributed by atoms with Gasteiger partial charge in [-0.25, -0.2) is 0 Å². The van der Waals surface area contributed by atoms with E-state index in [1.807, 2.05) is 20.9 Å². The summed E-state index contributed by atoms with van der Waals surface area (Å²) in [6.45, 7) is 7.58. The minimum absolute atomic E-state index is 0.977. The molecule has 1 aliphatic rings. The summed E-state index contributed by atoms with van der Waals surface area (Å²) >= 11 is 0. The Hall–Kier alpha value is -0.0400. The number of hydrogen-bond donors (Lipinski definition) is 1. The Labute approximate surface area is 71.6 Å². The maximum atomic E-state index is 3.23. The van der Waals surface area contributed by atoms with E-state index in [4.69, 9.17) is 0 Å². The van der Waals surface area contributed by atoms with Crippen molar-refractivity contribution in [1.29, 1.82) is 0 Å². The first kappa shape index (κ1) is 11.0. The summed E-state index contributed by atoms with van der Waals surface area (Å²) in [5, 5.41) is 3.23. The molecule has 1 fully saturated rings. The molecule has 0 aliphatic heterocycles. The van der Waals surface area contributed by atoms with Crippen LogP contribution in [0.2, 0.25) is 0 Å². The van der Waals surface area contributed by atoms with Gasteiger partial charge in [0.2, 0.25) is 0 Å². The lowest BCUT2D eigenvalue weighted by molar-refractivity contribution is 0.492. The molecular weight excluding hydrogens is 134 g/mol. The predicted molar refractivity (Wildman–Crippen MR) is 51.8 cm³/mol. The van der Waals surface area contributed by atoms with E-state index in [2.05, 4.69) is 12.2 Å². The van der Waals surface area contributed by atoms with E-state index in [0.717, 1.165) is 11.8 Å². The van der Waals surface area contributed by atoms with E-state index in [9.17, 15) is 0 Å². The third-order valence-electron chi connectivity index (χ3n) is 2.30. The average Bonchev–Trinajstić information content (AvgIpc) is 2.41. The Morgan fingerprint density at radius 3 is 2.27 bits per heavy atom. The topological polar surface area (TPSA) is 12.0 Å². The van der Waals surface area contributed by atoms with Crippen LogP contribution >= 0.6 is 0 Å². The maximum Gasteiger partial charge on any atom is -0.00234 e. The largest absolute Gasteiger partial charge is 0.319 e. The van der Waals surface area contributed by atoms with Gasteiger partial charge >= 0.3 is 0 Å². The molecule has 2 atom stereocenters. The first-order valence-electron chi connectivity index (χ1n) is 4.97. The molecule has 1 heteroatoms. The second-order valence-electron chi connectivity index (χ2n) is 3.34. The highest BCUT2D eigenvalue weighted by atomic mass is 14.8. The lowest BCUT2D eigenvalue weighted by Gasteiger charge is -2.06. The molecule has 0 radical (unpaired) electrons.